The molecule has 1 aromatic carbocycles. The molecule has 2 rings (SSSR count). The molecule has 0 saturated carbocycles. The first-order chi connectivity index (χ1) is 8.31. The summed E-state index contributed by atoms with van der Waals surface area (Å²) in [5, 5.41) is 4.25. The summed E-state index contributed by atoms with van der Waals surface area (Å²) in [5.74, 6) is 2.66. The summed E-state index contributed by atoms with van der Waals surface area (Å²) in [5.41, 5.74) is 0.939. The van der Waals surface area contributed by atoms with Crippen molar-refractivity contribution in [3.8, 4) is 11.5 Å². The summed E-state index contributed by atoms with van der Waals surface area (Å²) in [6, 6.07) is 5.71. The molecule has 0 fully saturated rings. The van der Waals surface area contributed by atoms with E-state index in [0.29, 0.717) is 0 Å². The van der Waals surface area contributed by atoms with E-state index in [0.717, 1.165) is 41.1 Å². The van der Waals surface area contributed by atoms with Gasteiger partial charge in [0.1, 0.15) is 11.5 Å². The third kappa shape index (κ3) is 3.30. The van der Waals surface area contributed by atoms with Gasteiger partial charge in [-0.15, -0.1) is 0 Å². The van der Waals surface area contributed by atoms with Crippen LogP contribution in [-0.2, 0) is 0 Å². The maximum Gasteiger partial charge on any atom is 0.161 e. The highest BCUT2D eigenvalue weighted by molar-refractivity contribution is 8.14. The van der Waals surface area contributed by atoms with E-state index in [9.17, 15) is 0 Å². The predicted molar refractivity (Wildman–Crippen MR) is 72.5 cm³/mol. The quantitative estimate of drug-likeness (QED) is 0.898. The van der Waals surface area contributed by atoms with Crippen LogP contribution in [0.15, 0.2) is 23.2 Å². The van der Waals surface area contributed by atoms with Crippen LogP contribution < -0.4 is 14.8 Å². The topological polar surface area (TPSA) is 42.8 Å². The molecule has 0 bridgehead atoms. The van der Waals surface area contributed by atoms with Crippen molar-refractivity contribution in [2.24, 2.45) is 4.99 Å². The summed E-state index contributed by atoms with van der Waals surface area (Å²) < 4.78 is 10.4. The van der Waals surface area contributed by atoms with Crippen molar-refractivity contribution in [2.75, 3.05) is 31.8 Å². The number of amidine groups is 1. The number of rotatable bonds is 3. The lowest BCUT2D eigenvalue weighted by atomic mass is 10.3. The number of hydrogen-bond donors (Lipinski definition) is 1. The molecule has 1 aromatic rings. The summed E-state index contributed by atoms with van der Waals surface area (Å²) in [6.45, 7) is 0.899. The number of aliphatic imine (C=N–C) groups is 1. The Morgan fingerprint density at radius 2 is 1.88 bits per heavy atom. The first-order valence-corrected chi connectivity index (χ1v) is 6.48. The van der Waals surface area contributed by atoms with Gasteiger partial charge in [-0.2, -0.15) is 0 Å². The highest BCUT2D eigenvalue weighted by Crippen LogP contribution is 2.27. The number of methoxy groups -OCH3 is 2. The Hall–Kier alpha value is -1.36. The number of ether oxygens (including phenoxy) is 2. The fourth-order valence-electron chi connectivity index (χ4n) is 1.54. The van der Waals surface area contributed by atoms with Crippen molar-refractivity contribution in [2.45, 2.75) is 6.42 Å². The van der Waals surface area contributed by atoms with E-state index in [4.69, 9.17) is 9.47 Å². The van der Waals surface area contributed by atoms with E-state index in [-0.39, 0.29) is 0 Å². The highest BCUT2D eigenvalue weighted by Gasteiger charge is 2.08. The molecule has 4 nitrogen and oxygen atoms in total. The van der Waals surface area contributed by atoms with Crippen LogP contribution in [0.1, 0.15) is 6.42 Å². The minimum atomic E-state index is 0.772. The van der Waals surface area contributed by atoms with Gasteiger partial charge >= 0.3 is 0 Å². The van der Waals surface area contributed by atoms with E-state index in [2.05, 4.69) is 10.3 Å². The molecule has 92 valence electrons. The first kappa shape index (κ1) is 12.1. The summed E-state index contributed by atoms with van der Waals surface area (Å²) in [6.07, 6.45) is 1.15. The lowest BCUT2D eigenvalue weighted by Crippen LogP contribution is -2.13. The van der Waals surface area contributed by atoms with Crippen LogP contribution in [0, 0.1) is 0 Å². The molecule has 0 radical (unpaired) electrons. The van der Waals surface area contributed by atoms with Crippen LogP contribution in [0.2, 0.25) is 0 Å². The maximum absolute atomic E-state index is 5.22. The SMILES string of the molecule is COc1cc(NC2=NCCCS2)cc(OC)c1. The number of benzene rings is 1. The van der Waals surface area contributed by atoms with E-state index in [1.807, 2.05) is 18.2 Å². The zero-order valence-corrected chi connectivity index (χ0v) is 10.8. The average molecular weight is 252 g/mol. The second-order valence-electron chi connectivity index (χ2n) is 3.62. The van der Waals surface area contributed by atoms with Crippen molar-refractivity contribution in [1.82, 2.24) is 0 Å². The Bertz CT molecular complexity index is 399. The van der Waals surface area contributed by atoms with Gasteiger partial charge in [0.05, 0.1) is 14.2 Å². The Morgan fingerprint density at radius 1 is 1.18 bits per heavy atom. The highest BCUT2D eigenvalue weighted by atomic mass is 32.2. The van der Waals surface area contributed by atoms with Crippen molar-refractivity contribution >= 4 is 22.6 Å². The van der Waals surface area contributed by atoms with Gasteiger partial charge in [-0.3, -0.25) is 4.99 Å². The Balaban J connectivity index is 2.16. The summed E-state index contributed by atoms with van der Waals surface area (Å²) >= 11 is 1.74. The lowest BCUT2D eigenvalue weighted by Gasteiger charge is -2.14. The van der Waals surface area contributed by atoms with Gasteiger partial charge in [0.25, 0.3) is 0 Å². The van der Waals surface area contributed by atoms with Crippen LogP contribution in [-0.4, -0.2) is 31.7 Å². The predicted octanol–water partition coefficient (Wildman–Crippen LogP) is 2.61. The molecule has 0 unspecified atom stereocenters. The van der Waals surface area contributed by atoms with Crippen LogP contribution in [0.3, 0.4) is 0 Å². The molecule has 0 atom stereocenters. The maximum atomic E-state index is 5.22. The second kappa shape index (κ2) is 5.82. The number of hydrogen-bond acceptors (Lipinski definition) is 5. The standard InChI is InChI=1S/C12H16N2O2S/c1-15-10-6-9(7-11(8-10)16-2)14-12-13-4-3-5-17-12/h6-8H,3-5H2,1-2H3,(H,13,14). The van der Waals surface area contributed by atoms with Gasteiger partial charge in [-0.25, -0.2) is 0 Å². The Kier molecular flexibility index (Phi) is 4.14. The molecule has 5 heteroatoms. The Labute approximate surface area is 105 Å². The molecule has 0 saturated heterocycles. The van der Waals surface area contributed by atoms with Crippen LogP contribution >= 0.6 is 11.8 Å². The van der Waals surface area contributed by atoms with E-state index in [1.165, 1.54) is 0 Å². The molecule has 1 N–H and O–H groups in total. The fourth-order valence-corrected chi connectivity index (χ4v) is 2.38. The molecule has 1 heterocycles. The van der Waals surface area contributed by atoms with Crippen LogP contribution in [0.25, 0.3) is 0 Å². The van der Waals surface area contributed by atoms with Crippen molar-refractivity contribution in [3.05, 3.63) is 18.2 Å². The van der Waals surface area contributed by atoms with Gasteiger partial charge in [0.2, 0.25) is 0 Å². The van der Waals surface area contributed by atoms with Gasteiger partial charge in [-0.1, -0.05) is 11.8 Å². The van der Waals surface area contributed by atoms with Gasteiger partial charge < -0.3 is 14.8 Å². The number of nitrogens with one attached hydrogen (secondary N) is 1. The molecular formula is C12H16N2O2S. The van der Waals surface area contributed by atoms with Gasteiger partial charge in [0, 0.05) is 36.2 Å². The molecule has 1 aliphatic heterocycles. The van der Waals surface area contributed by atoms with Crippen molar-refractivity contribution < 1.29 is 9.47 Å². The first-order valence-electron chi connectivity index (χ1n) is 5.49. The summed E-state index contributed by atoms with van der Waals surface area (Å²) in [4.78, 5) is 4.42. The molecule has 1 aliphatic rings. The van der Waals surface area contributed by atoms with Gasteiger partial charge in [0.15, 0.2) is 5.17 Å². The second-order valence-corrected chi connectivity index (χ2v) is 4.70. The minimum Gasteiger partial charge on any atom is -0.497 e. The molecule has 0 spiro atoms. The number of thioether (sulfide) groups is 1. The molecule has 0 aromatic heterocycles. The number of anilines is 1. The lowest BCUT2D eigenvalue weighted by molar-refractivity contribution is 0.395. The van der Waals surface area contributed by atoms with E-state index in [1.54, 1.807) is 26.0 Å². The zero-order chi connectivity index (χ0) is 12.1. The molecular weight excluding hydrogens is 236 g/mol. The van der Waals surface area contributed by atoms with E-state index >= 15 is 0 Å². The van der Waals surface area contributed by atoms with Gasteiger partial charge in [-0.05, 0) is 6.42 Å². The summed E-state index contributed by atoms with van der Waals surface area (Å²) in [7, 11) is 3.29. The third-order valence-electron chi connectivity index (χ3n) is 2.40. The molecule has 0 aliphatic carbocycles. The average Bonchev–Trinajstić information content (AvgIpc) is 2.39. The van der Waals surface area contributed by atoms with Crippen LogP contribution in [0.5, 0.6) is 11.5 Å². The zero-order valence-electron chi connectivity index (χ0n) is 10.0. The fraction of sp³-hybridized carbons (Fsp3) is 0.417. The minimum absolute atomic E-state index is 0.772. The Morgan fingerprint density at radius 3 is 2.41 bits per heavy atom. The van der Waals surface area contributed by atoms with Crippen molar-refractivity contribution in [3.63, 3.8) is 0 Å². The van der Waals surface area contributed by atoms with Crippen molar-refractivity contribution in [1.29, 1.82) is 0 Å². The number of nitrogens with zero attached hydrogens (tertiary/aromatic N) is 1. The largest absolute Gasteiger partial charge is 0.497 e. The third-order valence-corrected chi connectivity index (χ3v) is 3.40. The molecule has 0 amide bonds. The monoisotopic (exact) mass is 252 g/mol. The molecule has 17 heavy (non-hydrogen) atoms. The normalized spacial score (nSPS) is 15.1. The van der Waals surface area contributed by atoms with Crippen LogP contribution in [0.4, 0.5) is 5.69 Å². The van der Waals surface area contributed by atoms with E-state index < -0.39 is 0 Å². The smallest absolute Gasteiger partial charge is 0.161 e.